The van der Waals surface area contributed by atoms with Crippen LogP contribution in [0, 0.1) is 5.92 Å². The van der Waals surface area contributed by atoms with Crippen molar-refractivity contribution >= 4 is 11.8 Å². The normalized spacial score (nSPS) is 25.2. The summed E-state index contributed by atoms with van der Waals surface area (Å²) in [5, 5.41) is 0. The van der Waals surface area contributed by atoms with Gasteiger partial charge in [0.25, 0.3) is 0 Å². The van der Waals surface area contributed by atoms with Gasteiger partial charge in [0.15, 0.2) is 5.79 Å². The molecule has 150 valence electrons. The van der Waals surface area contributed by atoms with E-state index in [1.54, 1.807) is 14.2 Å². The highest BCUT2D eigenvalue weighted by molar-refractivity contribution is 5.94. The molecule has 6 nitrogen and oxygen atoms in total. The summed E-state index contributed by atoms with van der Waals surface area (Å²) in [6.45, 7) is 7.84. The maximum absolute atomic E-state index is 5.79. The van der Waals surface area contributed by atoms with Crippen LogP contribution in [0.25, 0.3) is 0 Å². The molecule has 0 amide bonds. The van der Waals surface area contributed by atoms with Crippen molar-refractivity contribution in [2.45, 2.75) is 83.6 Å². The quantitative estimate of drug-likeness (QED) is 0.578. The van der Waals surface area contributed by atoms with Crippen molar-refractivity contribution in [1.82, 2.24) is 0 Å². The van der Waals surface area contributed by atoms with Crippen LogP contribution < -0.4 is 0 Å². The summed E-state index contributed by atoms with van der Waals surface area (Å²) in [6, 6.07) is -0.0590. The molecule has 2 atom stereocenters. The Morgan fingerprint density at radius 1 is 1.00 bits per heavy atom. The van der Waals surface area contributed by atoms with Gasteiger partial charge in [-0.25, -0.2) is 9.98 Å². The molecule has 2 aliphatic rings. The summed E-state index contributed by atoms with van der Waals surface area (Å²) in [7, 11) is 3.36. The number of rotatable bonds is 9. The van der Waals surface area contributed by atoms with Crippen LogP contribution in [0.2, 0.25) is 0 Å². The highest BCUT2D eigenvalue weighted by Crippen LogP contribution is 2.29. The van der Waals surface area contributed by atoms with E-state index in [1.807, 2.05) is 0 Å². The van der Waals surface area contributed by atoms with Gasteiger partial charge in [0, 0.05) is 6.42 Å². The minimum absolute atomic E-state index is 0.0200. The Labute approximate surface area is 158 Å². The summed E-state index contributed by atoms with van der Waals surface area (Å²) < 4.78 is 22.6. The second-order valence-electron chi connectivity index (χ2n) is 7.46. The lowest BCUT2D eigenvalue weighted by molar-refractivity contribution is -0.164. The molecule has 0 radical (unpaired) electrons. The Morgan fingerprint density at radius 2 is 1.65 bits per heavy atom. The van der Waals surface area contributed by atoms with Crippen molar-refractivity contribution < 1.29 is 18.9 Å². The monoisotopic (exact) mass is 368 g/mol. The Hall–Kier alpha value is -1.14. The average Bonchev–Trinajstić information content (AvgIpc) is 3.13. The lowest BCUT2D eigenvalue weighted by Crippen LogP contribution is -2.37. The Morgan fingerprint density at radius 3 is 2.23 bits per heavy atom. The molecule has 0 bridgehead atoms. The molecule has 0 aromatic heterocycles. The number of hydrogen-bond acceptors (Lipinski definition) is 6. The Bertz CT molecular complexity index is 484. The molecule has 6 heteroatoms. The maximum atomic E-state index is 5.79. The van der Waals surface area contributed by atoms with Gasteiger partial charge in [-0.15, -0.1) is 0 Å². The van der Waals surface area contributed by atoms with E-state index in [0.717, 1.165) is 57.1 Å². The Kier molecular flexibility index (Phi) is 8.35. The first kappa shape index (κ1) is 21.2. The van der Waals surface area contributed by atoms with E-state index in [9.17, 15) is 0 Å². The van der Waals surface area contributed by atoms with Crippen LogP contribution in [-0.2, 0) is 18.9 Å². The third kappa shape index (κ3) is 5.43. The first-order valence-electron chi connectivity index (χ1n) is 10.1. The summed E-state index contributed by atoms with van der Waals surface area (Å²) in [5.74, 6) is 1.49. The van der Waals surface area contributed by atoms with Crippen molar-refractivity contribution in [2.75, 3.05) is 27.4 Å². The van der Waals surface area contributed by atoms with Gasteiger partial charge in [-0.2, -0.15) is 0 Å². The van der Waals surface area contributed by atoms with Crippen LogP contribution in [0.15, 0.2) is 9.98 Å². The van der Waals surface area contributed by atoms with Crippen molar-refractivity contribution in [3.63, 3.8) is 0 Å². The molecule has 2 heterocycles. The fourth-order valence-corrected chi connectivity index (χ4v) is 3.66. The zero-order valence-corrected chi connectivity index (χ0v) is 17.1. The first-order chi connectivity index (χ1) is 12.5. The molecule has 1 fully saturated rings. The van der Waals surface area contributed by atoms with E-state index in [4.69, 9.17) is 28.9 Å². The molecular weight excluding hydrogens is 332 g/mol. The fraction of sp³-hybridized carbons (Fsp3) is 0.900. The van der Waals surface area contributed by atoms with Crippen molar-refractivity contribution in [2.24, 2.45) is 15.9 Å². The standard InChI is InChI=1S/C20H36N2O4/c1-6-20(25-13-14-26-20)12-10-8-7-9-11-16-18(23-4)22-17(15(2)3)19(21-16)24-5/h15-17H,6-14H2,1-5H3/t16-,17+/m0/s1. The molecule has 0 spiro atoms. The second-order valence-corrected chi connectivity index (χ2v) is 7.46. The topological polar surface area (TPSA) is 61.6 Å². The van der Waals surface area contributed by atoms with Gasteiger partial charge in [0.1, 0.15) is 12.1 Å². The Balaban J connectivity index is 1.74. The molecule has 0 saturated carbocycles. The average molecular weight is 369 g/mol. The maximum Gasteiger partial charge on any atom is 0.209 e. The van der Waals surface area contributed by atoms with E-state index >= 15 is 0 Å². The molecule has 2 rings (SSSR count). The van der Waals surface area contributed by atoms with Gasteiger partial charge in [0.2, 0.25) is 11.8 Å². The number of ether oxygens (including phenoxy) is 4. The van der Waals surface area contributed by atoms with E-state index < -0.39 is 0 Å². The SMILES string of the molecule is CCC1(CCCCCC[C@@H]2N=C(OC)[C@@H](C(C)C)N=C2OC)OCCO1. The summed E-state index contributed by atoms with van der Waals surface area (Å²) in [6.07, 6.45) is 7.42. The second kappa shape index (κ2) is 10.3. The van der Waals surface area contributed by atoms with Gasteiger partial charge < -0.3 is 18.9 Å². The van der Waals surface area contributed by atoms with Crippen LogP contribution >= 0.6 is 0 Å². The molecule has 0 aromatic rings. The lowest BCUT2D eigenvalue weighted by Gasteiger charge is -2.27. The van der Waals surface area contributed by atoms with Crippen LogP contribution in [0.5, 0.6) is 0 Å². The number of methoxy groups -OCH3 is 2. The molecule has 0 aliphatic carbocycles. The third-order valence-electron chi connectivity index (χ3n) is 5.27. The van der Waals surface area contributed by atoms with Gasteiger partial charge in [-0.1, -0.05) is 40.0 Å². The number of aliphatic imine (C=N–C) groups is 2. The fourth-order valence-electron chi connectivity index (χ4n) is 3.66. The molecule has 0 unspecified atom stereocenters. The van der Waals surface area contributed by atoms with Gasteiger partial charge >= 0.3 is 0 Å². The van der Waals surface area contributed by atoms with Crippen LogP contribution in [0.4, 0.5) is 0 Å². The molecule has 0 N–H and O–H groups in total. The van der Waals surface area contributed by atoms with Gasteiger partial charge in [-0.3, -0.25) is 0 Å². The zero-order chi connectivity index (χ0) is 19.0. The summed E-state index contributed by atoms with van der Waals surface area (Å²) in [4.78, 5) is 9.49. The highest BCUT2D eigenvalue weighted by Gasteiger charge is 2.34. The molecule has 0 aromatic carbocycles. The van der Waals surface area contributed by atoms with E-state index in [2.05, 4.69) is 20.8 Å². The van der Waals surface area contributed by atoms with Gasteiger partial charge in [0.05, 0.1) is 27.4 Å². The number of nitrogens with zero attached hydrogens (tertiary/aromatic N) is 2. The molecule has 26 heavy (non-hydrogen) atoms. The predicted molar refractivity (Wildman–Crippen MR) is 104 cm³/mol. The molecule has 1 saturated heterocycles. The lowest BCUT2D eigenvalue weighted by atomic mass is 10.00. The van der Waals surface area contributed by atoms with E-state index in [1.165, 1.54) is 12.8 Å². The van der Waals surface area contributed by atoms with Crippen LogP contribution in [0.1, 0.15) is 65.7 Å². The highest BCUT2D eigenvalue weighted by atomic mass is 16.7. The van der Waals surface area contributed by atoms with Crippen molar-refractivity contribution in [3.05, 3.63) is 0 Å². The largest absolute Gasteiger partial charge is 0.483 e. The molecule has 2 aliphatic heterocycles. The van der Waals surface area contributed by atoms with Crippen LogP contribution in [0.3, 0.4) is 0 Å². The van der Waals surface area contributed by atoms with Crippen molar-refractivity contribution in [3.8, 4) is 0 Å². The predicted octanol–water partition coefficient (Wildman–Crippen LogP) is 3.98. The number of unbranched alkanes of at least 4 members (excludes halogenated alkanes) is 3. The summed E-state index contributed by atoms with van der Waals surface area (Å²) in [5.41, 5.74) is 0. The summed E-state index contributed by atoms with van der Waals surface area (Å²) >= 11 is 0. The minimum Gasteiger partial charge on any atom is -0.483 e. The van der Waals surface area contributed by atoms with E-state index in [0.29, 0.717) is 5.92 Å². The van der Waals surface area contributed by atoms with Gasteiger partial charge in [-0.05, 0) is 25.2 Å². The minimum atomic E-state index is -0.317. The molecular formula is C20H36N2O4. The smallest absolute Gasteiger partial charge is 0.209 e. The van der Waals surface area contributed by atoms with Crippen LogP contribution in [-0.4, -0.2) is 57.1 Å². The first-order valence-corrected chi connectivity index (χ1v) is 10.1. The zero-order valence-electron chi connectivity index (χ0n) is 17.1. The third-order valence-corrected chi connectivity index (χ3v) is 5.27. The van der Waals surface area contributed by atoms with Crippen molar-refractivity contribution in [1.29, 1.82) is 0 Å². The van der Waals surface area contributed by atoms with E-state index in [-0.39, 0.29) is 17.9 Å². The number of hydrogen-bond donors (Lipinski definition) is 0.